The van der Waals surface area contributed by atoms with Crippen molar-refractivity contribution in [2.75, 3.05) is 19.6 Å². The van der Waals surface area contributed by atoms with Crippen LogP contribution in [0.1, 0.15) is 41.7 Å². The van der Waals surface area contributed by atoms with Crippen LogP contribution in [0.2, 0.25) is 0 Å². The second kappa shape index (κ2) is 6.39. The molecule has 2 aliphatic rings. The van der Waals surface area contributed by atoms with Gasteiger partial charge in [-0.15, -0.1) is 0 Å². The molecule has 0 unspecified atom stereocenters. The lowest BCUT2D eigenvalue weighted by atomic mass is 9.96. The molecule has 1 atom stereocenters. The zero-order valence-corrected chi connectivity index (χ0v) is 14.1. The van der Waals surface area contributed by atoms with E-state index in [1.807, 2.05) is 22.7 Å². The van der Waals surface area contributed by atoms with Gasteiger partial charge in [-0.3, -0.25) is 9.48 Å². The number of aromatic amines is 1. The van der Waals surface area contributed by atoms with Crippen LogP contribution in [0.15, 0.2) is 12.3 Å². The Labute approximate surface area is 141 Å². The molecule has 2 N–H and O–H groups in total. The first-order valence-corrected chi connectivity index (χ1v) is 8.75. The summed E-state index contributed by atoms with van der Waals surface area (Å²) in [6.45, 7) is 5.69. The van der Waals surface area contributed by atoms with Crippen molar-refractivity contribution in [3.63, 3.8) is 0 Å². The third kappa shape index (κ3) is 2.96. The molecule has 1 fully saturated rings. The lowest BCUT2D eigenvalue weighted by Crippen LogP contribution is -2.39. The Morgan fingerprint density at radius 2 is 2.38 bits per heavy atom. The van der Waals surface area contributed by atoms with Gasteiger partial charge in [0, 0.05) is 37.3 Å². The summed E-state index contributed by atoms with van der Waals surface area (Å²) < 4.78 is 1.88. The summed E-state index contributed by atoms with van der Waals surface area (Å²) in [7, 11) is 0. The zero-order chi connectivity index (χ0) is 16.5. The van der Waals surface area contributed by atoms with E-state index in [0.717, 1.165) is 49.7 Å². The number of aryl methyl sites for hydroxylation is 1. The standard InChI is InChI=1S/C17H24N6O/c1-12-20-14-5-8-22(10-15(14)21-12)17(24)11-23-16(4-7-19-23)13-3-2-6-18-9-13/h4,7,13,18H,2-3,5-6,8-11H2,1H3,(H,20,21)/t13-/m1/s1. The van der Waals surface area contributed by atoms with Gasteiger partial charge in [0.15, 0.2) is 0 Å². The zero-order valence-electron chi connectivity index (χ0n) is 14.1. The average molecular weight is 328 g/mol. The van der Waals surface area contributed by atoms with Gasteiger partial charge in [0.1, 0.15) is 12.4 Å². The maximum absolute atomic E-state index is 12.7. The minimum absolute atomic E-state index is 0.127. The SMILES string of the molecule is Cc1nc2c([nH]1)CN(C(=O)Cn1nccc1[C@@H]1CCCNC1)CC2. The number of rotatable bonds is 3. The van der Waals surface area contributed by atoms with Crippen LogP contribution < -0.4 is 5.32 Å². The number of carbonyl (C=O) groups excluding carboxylic acids is 1. The lowest BCUT2D eigenvalue weighted by Gasteiger charge is -2.27. The fraction of sp³-hybridized carbons (Fsp3) is 0.588. The van der Waals surface area contributed by atoms with E-state index >= 15 is 0 Å². The maximum Gasteiger partial charge on any atom is 0.244 e. The van der Waals surface area contributed by atoms with Crippen LogP contribution in [-0.4, -0.2) is 50.2 Å². The van der Waals surface area contributed by atoms with Crippen LogP contribution in [0.4, 0.5) is 0 Å². The summed E-state index contributed by atoms with van der Waals surface area (Å²) in [5, 5.41) is 7.83. The van der Waals surface area contributed by atoms with Crippen LogP contribution in [0.3, 0.4) is 0 Å². The Balaban J connectivity index is 1.44. The minimum Gasteiger partial charge on any atom is -0.344 e. The molecule has 1 saturated heterocycles. The fourth-order valence-corrected chi connectivity index (χ4v) is 3.80. The molecule has 7 nitrogen and oxygen atoms in total. The minimum atomic E-state index is 0.127. The number of nitrogens with zero attached hydrogens (tertiary/aromatic N) is 4. The Kier molecular flexibility index (Phi) is 4.10. The molecule has 0 radical (unpaired) electrons. The van der Waals surface area contributed by atoms with E-state index in [1.165, 1.54) is 12.1 Å². The molecule has 4 rings (SSSR count). The molecule has 0 aliphatic carbocycles. The summed E-state index contributed by atoms with van der Waals surface area (Å²) in [5.41, 5.74) is 3.35. The predicted molar refractivity (Wildman–Crippen MR) is 89.5 cm³/mol. The fourth-order valence-electron chi connectivity index (χ4n) is 3.80. The Morgan fingerprint density at radius 1 is 1.46 bits per heavy atom. The van der Waals surface area contributed by atoms with Crippen molar-refractivity contribution in [2.24, 2.45) is 0 Å². The van der Waals surface area contributed by atoms with E-state index in [9.17, 15) is 4.79 Å². The number of piperidine rings is 1. The summed E-state index contributed by atoms with van der Waals surface area (Å²) in [6.07, 6.45) is 4.97. The van der Waals surface area contributed by atoms with E-state index in [2.05, 4.69) is 26.4 Å². The summed E-state index contributed by atoms with van der Waals surface area (Å²) in [5.74, 6) is 1.51. The number of fused-ring (bicyclic) bond motifs is 1. The van der Waals surface area contributed by atoms with Gasteiger partial charge >= 0.3 is 0 Å². The average Bonchev–Trinajstić information content (AvgIpc) is 3.20. The number of carbonyl (C=O) groups is 1. The van der Waals surface area contributed by atoms with Gasteiger partial charge in [0.05, 0.1) is 17.9 Å². The number of nitrogens with one attached hydrogen (secondary N) is 2. The van der Waals surface area contributed by atoms with Gasteiger partial charge in [-0.05, 0) is 32.4 Å². The van der Waals surface area contributed by atoms with Crippen LogP contribution >= 0.6 is 0 Å². The van der Waals surface area contributed by atoms with E-state index in [0.29, 0.717) is 19.0 Å². The van der Waals surface area contributed by atoms with E-state index in [4.69, 9.17) is 0 Å². The van der Waals surface area contributed by atoms with Crippen LogP contribution in [0, 0.1) is 6.92 Å². The molecule has 24 heavy (non-hydrogen) atoms. The molecule has 128 valence electrons. The molecule has 4 heterocycles. The van der Waals surface area contributed by atoms with Gasteiger partial charge < -0.3 is 15.2 Å². The quantitative estimate of drug-likeness (QED) is 0.880. The molecule has 2 aliphatic heterocycles. The number of H-pyrrole nitrogens is 1. The topological polar surface area (TPSA) is 78.8 Å². The highest BCUT2D eigenvalue weighted by atomic mass is 16.2. The second-order valence-corrected chi connectivity index (χ2v) is 6.77. The molecular formula is C17H24N6O. The van der Waals surface area contributed by atoms with Crippen LogP contribution in [0.25, 0.3) is 0 Å². The lowest BCUT2D eigenvalue weighted by molar-refractivity contribution is -0.133. The van der Waals surface area contributed by atoms with Crippen molar-refractivity contribution < 1.29 is 4.79 Å². The van der Waals surface area contributed by atoms with Gasteiger partial charge in [-0.25, -0.2) is 4.98 Å². The molecule has 7 heteroatoms. The number of hydrogen-bond acceptors (Lipinski definition) is 4. The molecule has 0 saturated carbocycles. The van der Waals surface area contributed by atoms with E-state index in [1.54, 1.807) is 0 Å². The van der Waals surface area contributed by atoms with Crippen LogP contribution in [0.5, 0.6) is 0 Å². The molecule has 0 bridgehead atoms. The third-order valence-corrected chi connectivity index (χ3v) is 5.05. The third-order valence-electron chi connectivity index (χ3n) is 5.05. The normalized spacial score (nSPS) is 20.9. The molecule has 0 aromatic carbocycles. The first kappa shape index (κ1) is 15.4. The molecular weight excluding hydrogens is 304 g/mol. The summed E-state index contributed by atoms with van der Waals surface area (Å²) in [6, 6.07) is 2.05. The van der Waals surface area contributed by atoms with Crippen molar-refractivity contribution >= 4 is 5.91 Å². The maximum atomic E-state index is 12.7. The predicted octanol–water partition coefficient (Wildman–Crippen LogP) is 0.967. The van der Waals surface area contributed by atoms with Crippen molar-refractivity contribution in [3.8, 4) is 0 Å². The highest BCUT2D eigenvalue weighted by Gasteiger charge is 2.25. The van der Waals surface area contributed by atoms with Crippen molar-refractivity contribution in [3.05, 3.63) is 35.2 Å². The van der Waals surface area contributed by atoms with Gasteiger partial charge in [-0.1, -0.05) is 0 Å². The molecule has 2 aromatic rings. The Morgan fingerprint density at radius 3 is 3.21 bits per heavy atom. The first-order chi connectivity index (χ1) is 11.7. The van der Waals surface area contributed by atoms with Crippen molar-refractivity contribution in [2.45, 2.75) is 45.2 Å². The first-order valence-electron chi connectivity index (χ1n) is 8.75. The smallest absolute Gasteiger partial charge is 0.244 e. The van der Waals surface area contributed by atoms with Crippen LogP contribution in [-0.2, 0) is 24.3 Å². The number of hydrogen-bond donors (Lipinski definition) is 2. The number of aromatic nitrogens is 4. The van der Waals surface area contributed by atoms with E-state index in [-0.39, 0.29) is 5.91 Å². The largest absolute Gasteiger partial charge is 0.344 e. The Bertz CT molecular complexity index is 727. The highest BCUT2D eigenvalue weighted by Crippen LogP contribution is 2.23. The molecule has 0 spiro atoms. The van der Waals surface area contributed by atoms with E-state index < -0.39 is 0 Å². The number of amides is 1. The molecule has 2 aromatic heterocycles. The van der Waals surface area contributed by atoms with Gasteiger partial charge in [0.25, 0.3) is 0 Å². The van der Waals surface area contributed by atoms with Crippen molar-refractivity contribution in [1.82, 2.24) is 30.0 Å². The van der Waals surface area contributed by atoms with Gasteiger partial charge in [0.2, 0.25) is 5.91 Å². The second-order valence-electron chi connectivity index (χ2n) is 6.77. The molecule has 1 amide bonds. The Hall–Kier alpha value is -2.15. The number of imidazole rings is 1. The summed E-state index contributed by atoms with van der Waals surface area (Å²) in [4.78, 5) is 22.4. The van der Waals surface area contributed by atoms with Gasteiger partial charge in [-0.2, -0.15) is 5.10 Å². The highest BCUT2D eigenvalue weighted by molar-refractivity contribution is 5.76. The summed E-state index contributed by atoms with van der Waals surface area (Å²) >= 11 is 0. The van der Waals surface area contributed by atoms with Crippen molar-refractivity contribution in [1.29, 1.82) is 0 Å². The monoisotopic (exact) mass is 328 g/mol.